The van der Waals surface area contributed by atoms with Crippen molar-refractivity contribution in [2.75, 3.05) is 11.4 Å². The van der Waals surface area contributed by atoms with Gasteiger partial charge in [0.2, 0.25) is 0 Å². The van der Waals surface area contributed by atoms with Gasteiger partial charge in [-0.3, -0.25) is 4.79 Å². The highest BCUT2D eigenvalue weighted by molar-refractivity contribution is 5.67. The molecule has 0 aromatic heterocycles. The molecule has 0 amide bonds. The lowest BCUT2D eigenvalue weighted by Crippen LogP contribution is -2.26. The number of aryl methyl sites for hydroxylation is 2. The molecule has 0 saturated heterocycles. The van der Waals surface area contributed by atoms with E-state index in [-0.39, 0.29) is 12.2 Å². The standard InChI is InChI=1S/C18H20FNO2/c1-13-8-14(2)10-17(9-13)20(7-6-18(21)22)12-15-4-3-5-16(19)11-15/h3-5,8-11H,6-7,12H2,1-2H3,(H,21,22). The van der Waals surface area contributed by atoms with Gasteiger partial charge in [-0.15, -0.1) is 0 Å². The predicted molar refractivity (Wildman–Crippen MR) is 85.6 cm³/mol. The van der Waals surface area contributed by atoms with Gasteiger partial charge < -0.3 is 10.0 Å². The van der Waals surface area contributed by atoms with Gasteiger partial charge in [0.1, 0.15) is 5.82 Å². The Morgan fingerprint density at radius 1 is 1.14 bits per heavy atom. The van der Waals surface area contributed by atoms with Crippen LogP contribution in [0.5, 0.6) is 0 Å². The number of hydrogen-bond donors (Lipinski definition) is 1. The summed E-state index contributed by atoms with van der Waals surface area (Å²) in [4.78, 5) is 12.9. The average Bonchev–Trinajstić information content (AvgIpc) is 2.42. The van der Waals surface area contributed by atoms with Gasteiger partial charge in [0.05, 0.1) is 6.42 Å². The van der Waals surface area contributed by atoms with Crippen LogP contribution in [-0.2, 0) is 11.3 Å². The normalized spacial score (nSPS) is 10.5. The van der Waals surface area contributed by atoms with Gasteiger partial charge in [-0.2, -0.15) is 0 Å². The van der Waals surface area contributed by atoms with Gasteiger partial charge in [-0.25, -0.2) is 4.39 Å². The predicted octanol–water partition coefficient (Wildman–Crippen LogP) is 3.92. The molecule has 0 aliphatic carbocycles. The summed E-state index contributed by atoms with van der Waals surface area (Å²) in [5, 5.41) is 8.94. The summed E-state index contributed by atoms with van der Waals surface area (Å²) in [5.41, 5.74) is 4.02. The van der Waals surface area contributed by atoms with Crippen LogP contribution in [0, 0.1) is 19.7 Å². The average molecular weight is 301 g/mol. The first-order valence-corrected chi connectivity index (χ1v) is 7.23. The molecule has 116 valence electrons. The fourth-order valence-electron chi connectivity index (χ4n) is 2.52. The van der Waals surface area contributed by atoms with E-state index in [1.165, 1.54) is 12.1 Å². The van der Waals surface area contributed by atoms with Crippen molar-refractivity contribution in [1.82, 2.24) is 0 Å². The number of hydrogen-bond acceptors (Lipinski definition) is 2. The van der Waals surface area contributed by atoms with E-state index in [1.807, 2.05) is 36.9 Å². The van der Waals surface area contributed by atoms with Gasteiger partial charge in [0.25, 0.3) is 0 Å². The fourth-order valence-corrected chi connectivity index (χ4v) is 2.52. The molecule has 22 heavy (non-hydrogen) atoms. The lowest BCUT2D eigenvalue weighted by molar-refractivity contribution is -0.136. The van der Waals surface area contributed by atoms with E-state index in [0.29, 0.717) is 13.1 Å². The van der Waals surface area contributed by atoms with Gasteiger partial charge in [-0.05, 0) is 54.8 Å². The number of carboxylic acids is 1. The molecule has 0 spiro atoms. The summed E-state index contributed by atoms with van der Waals surface area (Å²) >= 11 is 0. The second-order valence-corrected chi connectivity index (χ2v) is 5.54. The van der Waals surface area contributed by atoms with Gasteiger partial charge in [-0.1, -0.05) is 18.2 Å². The van der Waals surface area contributed by atoms with Crippen molar-refractivity contribution < 1.29 is 14.3 Å². The Kier molecular flexibility index (Phi) is 5.15. The summed E-state index contributed by atoms with van der Waals surface area (Å²) in [5.74, 6) is -1.12. The molecule has 0 unspecified atom stereocenters. The highest BCUT2D eigenvalue weighted by atomic mass is 19.1. The third kappa shape index (κ3) is 4.58. The highest BCUT2D eigenvalue weighted by Crippen LogP contribution is 2.21. The molecule has 0 atom stereocenters. The first-order chi connectivity index (χ1) is 10.4. The van der Waals surface area contributed by atoms with Crippen molar-refractivity contribution in [3.63, 3.8) is 0 Å². The number of carbonyl (C=O) groups is 1. The second-order valence-electron chi connectivity index (χ2n) is 5.54. The van der Waals surface area contributed by atoms with Crippen LogP contribution in [-0.4, -0.2) is 17.6 Å². The SMILES string of the molecule is Cc1cc(C)cc(N(CCC(=O)O)Cc2cccc(F)c2)c1. The van der Waals surface area contributed by atoms with Crippen LogP contribution in [0.3, 0.4) is 0 Å². The fraction of sp³-hybridized carbons (Fsp3) is 0.278. The van der Waals surface area contributed by atoms with E-state index in [1.54, 1.807) is 6.07 Å². The minimum atomic E-state index is -0.839. The summed E-state index contributed by atoms with van der Waals surface area (Å²) in [6.45, 7) is 4.88. The summed E-state index contributed by atoms with van der Waals surface area (Å²) < 4.78 is 13.3. The Hall–Kier alpha value is -2.36. The molecule has 2 aromatic rings. The molecule has 3 nitrogen and oxygen atoms in total. The third-order valence-corrected chi connectivity index (χ3v) is 3.43. The lowest BCUT2D eigenvalue weighted by atomic mass is 10.1. The molecule has 0 aliphatic heterocycles. The van der Waals surface area contributed by atoms with Crippen LogP contribution in [0.2, 0.25) is 0 Å². The maximum absolute atomic E-state index is 13.3. The molecule has 0 radical (unpaired) electrons. The Bertz CT molecular complexity index is 650. The Balaban J connectivity index is 2.27. The zero-order valence-corrected chi connectivity index (χ0v) is 12.8. The van der Waals surface area contributed by atoms with Crippen molar-refractivity contribution in [3.05, 3.63) is 65.0 Å². The van der Waals surface area contributed by atoms with Gasteiger partial charge in [0, 0.05) is 18.8 Å². The first kappa shape index (κ1) is 16.0. The van der Waals surface area contributed by atoms with E-state index >= 15 is 0 Å². The molecule has 0 saturated carbocycles. The number of aliphatic carboxylic acids is 1. The number of benzene rings is 2. The van der Waals surface area contributed by atoms with E-state index in [4.69, 9.17) is 5.11 Å². The molecule has 2 aromatic carbocycles. The van der Waals surface area contributed by atoms with E-state index in [0.717, 1.165) is 22.4 Å². The second kappa shape index (κ2) is 7.07. The van der Waals surface area contributed by atoms with E-state index in [9.17, 15) is 9.18 Å². The van der Waals surface area contributed by atoms with Crippen molar-refractivity contribution in [2.45, 2.75) is 26.8 Å². The number of nitrogens with zero attached hydrogens (tertiary/aromatic N) is 1. The van der Waals surface area contributed by atoms with Crippen LogP contribution >= 0.6 is 0 Å². The van der Waals surface area contributed by atoms with Crippen molar-refractivity contribution in [2.24, 2.45) is 0 Å². The van der Waals surface area contributed by atoms with Crippen molar-refractivity contribution >= 4 is 11.7 Å². The van der Waals surface area contributed by atoms with Crippen LogP contribution in [0.1, 0.15) is 23.1 Å². The highest BCUT2D eigenvalue weighted by Gasteiger charge is 2.11. The van der Waals surface area contributed by atoms with Gasteiger partial charge >= 0.3 is 5.97 Å². The molecule has 0 fully saturated rings. The Morgan fingerprint density at radius 3 is 2.41 bits per heavy atom. The smallest absolute Gasteiger partial charge is 0.305 e. The zero-order valence-electron chi connectivity index (χ0n) is 12.8. The molecule has 0 heterocycles. The quantitative estimate of drug-likeness (QED) is 0.879. The number of anilines is 1. The van der Waals surface area contributed by atoms with Crippen LogP contribution < -0.4 is 4.90 Å². The maximum atomic E-state index is 13.3. The molecule has 2 rings (SSSR count). The number of carboxylic acid groups (broad SMARTS) is 1. The van der Waals surface area contributed by atoms with E-state index < -0.39 is 5.97 Å². The van der Waals surface area contributed by atoms with Crippen LogP contribution in [0.15, 0.2) is 42.5 Å². The topological polar surface area (TPSA) is 40.5 Å². The Labute approximate surface area is 130 Å². The largest absolute Gasteiger partial charge is 0.481 e. The maximum Gasteiger partial charge on any atom is 0.305 e. The molecule has 0 aliphatic rings. The molecule has 4 heteroatoms. The van der Waals surface area contributed by atoms with Gasteiger partial charge in [0.15, 0.2) is 0 Å². The molecular weight excluding hydrogens is 281 g/mol. The summed E-state index contributed by atoms with van der Waals surface area (Å²) in [6.07, 6.45) is 0.0440. The van der Waals surface area contributed by atoms with Crippen LogP contribution in [0.4, 0.5) is 10.1 Å². The number of rotatable bonds is 6. The lowest BCUT2D eigenvalue weighted by Gasteiger charge is -2.25. The Morgan fingerprint density at radius 2 is 1.82 bits per heavy atom. The molecule has 0 bridgehead atoms. The van der Waals surface area contributed by atoms with Crippen molar-refractivity contribution in [3.8, 4) is 0 Å². The van der Waals surface area contributed by atoms with Crippen LogP contribution in [0.25, 0.3) is 0 Å². The number of halogens is 1. The summed E-state index contributed by atoms with van der Waals surface area (Å²) in [6, 6.07) is 12.5. The zero-order chi connectivity index (χ0) is 16.1. The molecular formula is C18H20FNO2. The van der Waals surface area contributed by atoms with Crippen molar-refractivity contribution in [1.29, 1.82) is 0 Å². The third-order valence-electron chi connectivity index (χ3n) is 3.43. The molecule has 1 N–H and O–H groups in total. The summed E-state index contributed by atoms with van der Waals surface area (Å²) in [7, 11) is 0. The minimum absolute atomic E-state index is 0.0440. The first-order valence-electron chi connectivity index (χ1n) is 7.23. The minimum Gasteiger partial charge on any atom is -0.481 e. The monoisotopic (exact) mass is 301 g/mol. The van der Waals surface area contributed by atoms with E-state index in [2.05, 4.69) is 6.07 Å².